The van der Waals surface area contributed by atoms with Gasteiger partial charge in [0.15, 0.2) is 0 Å². The molecule has 0 amide bonds. The van der Waals surface area contributed by atoms with E-state index in [-0.39, 0.29) is 5.69 Å². The molecule has 15 heavy (non-hydrogen) atoms. The topological polar surface area (TPSA) is 63.3 Å². The minimum absolute atomic E-state index is 0.0252. The average molecular weight is 209 g/mol. The third-order valence-corrected chi connectivity index (χ3v) is 2.05. The maximum atomic E-state index is 12.9. The van der Waals surface area contributed by atoms with E-state index in [1.807, 2.05) is 6.92 Å². The van der Waals surface area contributed by atoms with Gasteiger partial charge in [-0.05, 0) is 29.7 Å². The van der Waals surface area contributed by atoms with Crippen molar-refractivity contribution in [2.75, 3.05) is 5.73 Å². The summed E-state index contributed by atoms with van der Waals surface area (Å²) in [5.74, 6) is -1.51. The summed E-state index contributed by atoms with van der Waals surface area (Å²) in [5.41, 5.74) is 6.68. The number of allylic oxidation sites excluding steroid dienone is 1. The van der Waals surface area contributed by atoms with Gasteiger partial charge in [-0.15, -0.1) is 0 Å². The number of carboxylic acids is 1. The van der Waals surface area contributed by atoms with E-state index in [2.05, 4.69) is 0 Å². The fourth-order valence-electron chi connectivity index (χ4n) is 1.28. The Bertz CT molecular complexity index is 413. The van der Waals surface area contributed by atoms with Crippen molar-refractivity contribution in [2.45, 2.75) is 13.3 Å². The standard InChI is InChI=1S/C11H12FNO2/c1-2-7(6-11(14)15)8-3-4-9(12)10(13)5-8/h3-6H,2,13H2,1H3,(H,14,15)/b7-6+. The molecule has 1 aromatic carbocycles. The van der Waals surface area contributed by atoms with Gasteiger partial charge >= 0.3 is 5.97 Å². The predicted molar refractivity (Wildman–Crippen MR) is 56.7 cm³/mol. The molecule has 0 aromatic heterocycles. The van der Waals surface area contributed by atoms with Crippen molar-refractivity contribution < 1.29 is 14.3 Å². The highest BCUT2D eigenvalue weighted by molar-refractivity contribution is 5.90. The van der Waals surface area contributed by atoms with Crippen molar-refractivity contribution in [3.63, 3.8) is 0 Å². The first kappa shape index (κ1) is 11.2. The van der Waals surface area contributed by atoms with Crippen LogP contribution in [-0.2, 0) is 4.79 Å². The Morgan fingerprint density at radius 3 is 2.73 bits per heavy atom. The van der Waals surface area contributed by atoms with Gasteiger partial charge in [0.05, 0.1) is 5.69 Å². The van der Waals surface area contributed by atoms with Gasteiger partial charge in [0, 0.05) is 6.08 Å². The van der Waals surface area contributed by atoms with Crippen LogP contribution in [0.3, 0.4) is 0 Å². The molecule has 3 nitrogen and oxygen atoms in total. The summed E-state index contributed by atoms with van der Waals surface area (Å²) in [6.07, 6.45) is 1.66. The summed E-state index contributed by atoms with van der Waals surface area (Å²) in [6.45, 7) is 1.83. The van der Waals surface area contributed by atoms with Crippen LogP contribution in [0.25, 0.3) is 5.57 Å². The number of aliphatic carboxylic acids is 1. The number of hydrogen-bond acceptors (Lipinski definition) is 2. The Labute approximate surface area is 87.0 Å². The smallest absolute Gasteiger partial charge is 0.328 e. The van der Waals surface area contributed by atoms with E-state index in [1.165, 1.54) is 18.2 Å². The zero-order valence-electron chi connectivity index (χ0n) is 8.33. The van der Waals surface area contributed by atoms with E-state index >= 15 is 0 Å². The van der Waals surface area contributed by atoms with Gasteiger partial charge in [0.1, 0.15) is 5.82 Å². The second kappa shape index (κ2) is 4.59. The minimum atomic E-state index is -1.02. The second-order valence-electron chi connectivity index (χ2n) is 3.10. The predicted octanol–water partition coefficient (Wildman–Crippen LogP) is 2.29. The van der Waals surface area contributed by atoms with Crippen molar-refractivity contribution in [3.8, 4) is 0 Å². The van der Waals surface area contributed by atoms with Crippen LogP contribution in [0.1, 0.15) is 18.9 Å². The lowest BCUT2D eigenvalue weighted by Gasteiger charge is -2.05. The summed E-state index contributed by atoms with van der Waals surface area (Å²) < 4.78 is 12.9. The van der Waals surface area contributed by atoms with Crippen LogP contribution in [0.4, 0.5) is 10.1 Å². The molecule has 0 aliphatic heterocycles. The van der Waals surface area contributed by atoms with E-state index in [0.29, 0.717) is 17.6 Å². The summed E-state index contributed by atoms with van der Waals surface area (Å²) in [5, 5.41) is 8.62. The lowest BCUT2D eigenvalue weighted by molar-refractivity contribution is -0.131. The molecule has 0 spiro atoms. The molecule has 0 bridgehead atoms. The van der Waals surface area contributed by atoms with E-state index in [1.54, 1.807) is 0 Å². The van der Waals surface area contributed by atoms with Crippen molar-refractivity contribution in [1.29, 1.82) is 0 Å². The lowest BCUT2D eigenvalue weighted by Crippen LogP contribution is -1.95. The number of carboxylic acid groups (broad SMARTS) is 1. The normalized spacial score (nSPS) is 11.5. The highest BCUT2D eigenvalue weighted by Gasteiger charge is 2.05. The monoisotopic (exact) mass is 209 g/mol. The van der Waals surface area contributed by atoms with Crippen molar-refractivity contribution in [2.24, 2.45) is 0 Å². The van der Waals surface area contributed by atoms with Crippen molar-refractivity contribution >= 4 is 17.2 Å². The summed E-state index contributed by atoms with van der Waals surface area (Å²) in [4.78, 5) is 10.5. The molecular formula is C11H12FNO2. The van der Waals surface area contributed by atoms with Crippen LogP contribution >= 0.6 is 0 Å². The van der Waals surface area contributed by atoms with E-state index in [9.17, 15) is 9.18 Å². The Hall–Kier alpha value is -1.84. The van der Waals surface area contributed by atoms with Crippen LogP contribution < -0.4 is 5.73 Å². The van der Waals surface area contributed by atoms with Gasteiger partial charge in [-0.25, -0.2) is 9.18 Å². The molecule has 1 aromatic rings. The van der Waals surface area contributed by atoms with Crippen molar-refractivity contribution in [1.82, 2.24) is 0 Å². The summed E-state index contributed by atoms with van der Waals surface area (Å²) in [7, 11) is 0. The van der Waals surface area contributed by atoms with Gasteiger partial charge < -0.3 is 10.8 Å². The first-order chi connectivity index (χ1) is 7.04. The minimum Gasteiger partial charge on any atom is -0.478 e. The fourth-order valence-corrected chi connectivity index (χ4v) is 1.28. The highest BCUT2D eigenvalue weighted by Crippen LogP contribution is 2.21. The van der Waals surface area contributed by atoms with Crippen LogP contribution in [0.5, 0.6) is 0 Å². The Morgan fingerprint density at radius 2 is 2.27 bits per heavy atom. The molecule has 80 valence electrons. The molecule has 0 atom stereocenters. The van der Waals surface area contributed by atoms with Crippen LogP contribution in [-0.4, -0.2) is 11.1 Å². The molecule has 0 unspecified atom stereocenters. The molecule has 0 saturated carbocycles. The third kappa shape index (κ3) is 2.80. The Kier molecular flexibility index (Phi) is 3.44. The van der Waals surface area contributed by atoms with E-state index in [4.69, 9.17) is 10.8 Å². The number of anilines is 1. The number of benzene rings is 1. The quantitative estimate of drug-likeness (QED) is 0.593. The molecule has 0 aliphatic rings. The SMILES string of the molecule is CC/C(=C\C(=O)O)c1ccc(F)c(N)c1. The van der Waals surface area contributed by atoms with Gasteiger partial charge in [-0.2, -0.15) is 0 Å². The number of rotatable bonds is 3. The zero-order valence-corrected chi connectivity index (χ0v) is 8.33. The molecule has 0 fully saturated rings. The number of nitrogens with two attached hydrogens (primary N) is 1. The Morgan fingerprint density at radius 1 is 1.60 bits per heavy atom. The second-order valence-corrected chi connectivity index (χ2v) is 3.10. The molecule has 0 aliphatic carbocycles. The van der Waals surface area contributed by atoms with Crippen LogP contribution in [0.2, 0.25) is 0 Å². The van der Waals surface area contributed by atoms with Crippen LogP contribution in [0, 0.1) is 5.82 Å². The van der Waals surface area contributed by atoms with Gasteiger partial charge in [0.2, 0.25) is 0 Å². The van der Waals surface area contributed by atoms with Gasteiger partial charge in [0.25, 0.3) is 0 Å². The number of nitrogen functional groups attached to an aromatic ring is 1. The number of hydrogen-bond donors (Lipinski definition) is 2. The third-order valence-electron chi connectivity index (χ3n) is 2.05. The van der Waals surface area contributed by atoms with E-state index < -0.39 is 11.8 Å². The highest BCUT2D eigenvalue weighted by atomic mass is 19.1. The van der Waals surface area contributed by atoms with Crippen LogP contribution in [0.15, 0.2) is 24.3 Å². The number of halogens is 1. The van der Waals surface area contributed by atoms with Gasteiger partial charge in [-0.3, -0.25) is 0 Å². The summed E-state index contributed by atoms with van der Waals surface area (Å²) >= 11 is 0. The lowest BCUT2D eigenvalue weighted by atomic mass is 10.0. The molecular weight excluding hydrogens is 197 g/mol. The van der Waals surface area contributed by atoms with Crippen molar-refractivity contribution in [3.05, 3.63) is 35.7 Å². The van der Waals surface area contributed by atoms with Gasteiger partial charge in [-0.1, -0.05) is 13.0 Å². The molecule has 4 heteroatoms. The first-order valence-electron chi connectivity index (χ1n) is 4.53. The fraction of sp³-hybridized carbons (Fsp3) is 0.182. The molecule has 0 radical (unpaired) electrons. The molecule has 3 N–H and O–H groups in total. The van der Waals surface area contributed by atoms with E-state index in [0.717, 1.165) is 6.08 Å². The average Bonchev–Trinajstić information content (AvgIpc) is 2.18. The maximum Gasteiger partial charge on any atom is 0.328 e. The molecule has 0 saturated heterocycles. The Balaban J connectivity index is 3.14. The maximum absolute atomic E-state index is 12.9. The molecule has 1 rings (SSSR count). The zero-order chi connectivity index (χ0) is 11.4. The summed E-state index contributed by atoms with van der Waals surface area (Å²) in [6, 6.07) is 4.19. The number of carbonyl (C=O) groups is 1. The largest absolute Gasteiger partial charge is 0.478 e. The first-order valence-corrected chi connectivity index (χ1v) is 4.53. The molecule has 0 heterocycles.